The summed E-state index contributed by atoms with van der Waals surface area (Å²) in [5.41, 5.74) is 5.17. The van der Waals surface area contributed by atoms with E-state index >= 15 is 0 Å². The van der Waals surface area contributed by atoms with Crippen LogP contribution in [0.4, 0.5) is 0 Å². The molecule has 0 radical (unpaired) electrons. The van der Waals surface area contributed by atoms with Gasteiger partial charge in [0.05, 0.1) is 11.2 Å². The van der Waals surface area contributed by atoms with E-state index in [1.165, 1.54) is 0 Å². The molecule has 0 aromatic heterocycles. The van der Waals surface area contributed by atoms with E-state index in [0.717, 1.165) is 19.3 Å². The minimum absolute atomic E-state index is 0.0596. The smallest absolute Gasteiger partial charge is 0.227 e. The van der Waals surface area contributed by atoms with Gasteiger partial charge in [0.25, 0.3) is 0 Å². The third kappa shape index (κ3) is 3.43. The molecule has 0 bridgehead atoms. The molecule has 94 valence electrons. The van der Waals surface area contributed by atoms with Crippen LogP contribution in [-0.2, 0) is 14.8 Å². The molecule has 0 aromatic rings. The Bertz CT molecular complexity index is 344. The van der Waals surface area contributed by atoms with Crippen LogP contribution in [0.25, 0.3) is 0 Å². The fourth-order valence-corrected chi connectivity index (χ4v) is 2.34. The van der Waals surface area contributed by atoms with Gasteiger partial charge in [-0.3, -0.25) is 4.79 Å². The molecular formula is C9H19N3O3S. The number of carbonyl (C=O) groups excluding carboxylic acids is 1. The van der Waals surface area contributed by atoms with Crippen LogP contribution in [0.3, 0.4) is 0 Å². The lowest BCUT2D eigenvalue weighted by atomic mass is 9.68. The largest absolute Gasteiger partial charge is 0.356 e. The molecule has 16 heavy (non-hydrogen) atoms. The van der Waals surface area contributed by atoms with Crippen LogP contribution in [0.5, 0.6) is 0 Å². The van der Waals surface area contributed by atoms with Gasteiger partial charge in [-0.05, 0) is 19.3 Å². The highest BCUT2D eigenvalue weighted by Gasteiger charge is 2.42. The summed E-state index contributed by atoms with van der Waals surface area (Å²) in [5, 5.41) is 7.55. The Hall–Kier alpha value is -0.660. The van der Waals surface area contributed by atoms with Crippen LogP contribution in [0, 0.1) is 5.41 Å². The summed E-state index contributed by atoms with van der Waals surface area (Å²) in [6.07, 6.45) is 3.02. The van der Waals surface area contributed by atoms with Gasteiger partial charge in [-0.2, -0.15) is 0 Å². The summed E-state index contributed by atoms with van der Waals surface area (Å²) < 4.78 is 21.3. The van der Waals surface area contributed by atoms with Gasteiger partial charge in [0.2, 0.25) is 15.9 Å². The quantitative estimate of drug-likeness (QED) is 0.519. The molecular weight excluding hydrogens is 230 g/mol. The van der Waals surface area contributed by atoms with Crippen molar-refractivity contribution in [3.8, 4) is 0 Å². The Labute approximate surface area is 95.8 Å². The summed E-state index contributed by atoms with van der Waals surface area (Å²) >= 11 is 0. The molecule has 1 saturated carbocycles. The van der Waals surface area contributed by atoms with Gasteiger partial charge >= 0.3 is 0 Å². The number of hydrogen-bond acceptors (Lipinski definition) is 4. The molecule has 1 aliphatic rings. The minimum Gasteiger partial charge on any atom is -0.356 e. The first-order chi connectivity index (χ1) is 7.40. The van der Waals surface area contributed by atoms with Crippen molar-refractivity contribution in [2.24, 2.45) is 16.3 Å². The number of primary sulfonamides is 1. The van der Waals surface area contributed by atoms with Crippen molar-refractivity contribution in [1.82, 2.24) is 5.32 Å². The molecule has 0 spiro atoms. The van der Waals surface area contributed by atoms with E-state index in [4.69, 9.17) is 10.9 Å². The standard InChI is InChI=1S/C9H19N3O3S/c10-7-9(3-1-4-9)8(13)12-5-2-6-16(11,14)15/h1-7,10H2,(H,12,13)(H2,11,14,15). The van der Waals surface area contributed by atoms with E-state index in [-0.39, 0.29) is 11.7 Å². The highest BCUT2D eigenvalue weighted by atomic mass is 32.2. The monoisotopic (exact) mass is 249 g/mol. The third-order valence-corrected chi connectivity index (χ3v) is 3.93. The minimum atomic E-state index is -3.43. The van der Waals surface area contributed by atoms with E-state index in [2.05, 4.69) is 5.32 Å². The molecule has 7 heteroatoms. The first-order valence-corrected chi connectivity index (χ1v) is 7.10. The van der Waals surface area contributed by atoms with Crippen molar-refractivity contribution in [2.45, 2.75) is 25.7 Å². The van der Waals surface area contributed by atoms with Gasteiger partial charge in [0.1, 0.15) is 0 Å². The van der Waals surface area contributed by atoms with Crippen molar-refractivity contribution < 1.29 is 13.2 Å². The number of carbonyl (C=O) groups is 1. The summed E-state index contributed by atoms with van der Waals surface area (Å²) in [7, 11) is -3.43. The SMILES string of the molecule is NCC1(C(=O)NCCCS(N)(=O)=O)CCC1. The maximum atomic E-state index is 11.7. The summed E-state index contributed by atoms with van der Waals surface area (Å²) in [6, 6.07) is 0. The lowest BCUT2D eigenvalue weighted by Crippen LogP contribution is -2.50. The van der Waals surface area contributed by atoms with Gasteiger partial charge in [0, 0.05) is 13.1 Å². The zero-order valence-electron chi connectivity index (χ0n) is 9.24. The second kappa shape index (κ2) is 5.11. The summed E-state index contributed by atoms with van der Waals surface area (Å²) in [4.78, 5) is 11.7. The van der Waals surface area contributed by atoms with E-state index < -0.39 is 15.4 Å². The third-order valence-electron chi connectivity index (χ3n) is 3.07. The predicted molar refractivity (Wildman–Crippen MR) is 60.9 cm³/mol. The van der Waals surface area contributed by atoms with Crippen LogP contribution in [0.1, 0.15) is 25.7 Å². The summed E-state index contributed by atoms with van der Waals surface area (Å²) in [5.74, 6) is -0.168. The van der Waals surface area contributed by atoms with Crippen molar-refractivity contribution in [3.63, 3.8) is 0 Å². The number of nitrogens with one attached hydrogen (secondary N) is 1. The van der Waals surface area contributed by atoms with E-state index in [9.17, 15) is 13.2 Å². The van der Waals surface area contributed by atoms with Crippen LogP contribution < -0.4 is 16.2 Å². The molecule has 1 aliphatic carbocycles. The maximum absolute atomic E-state index is 11.7. The molecule has 0 aliphatic heterocycles. The lowest BCUT2D eigenvalue weighted by Gasteiger charge is -2.39. The topological polar surface area (TPSA) is 115 Å². The number of nitrogens with two attached hydrogens (primary N) is 2. The summed E-state index contributed by atoms with van der Waals surface area (Å²) in [6.45, 7) is 0.686. The van der Waals surface area contributed by atoms with Gasteiger partial charge in [-0.25, -0.2) is 13.6 Å². The molecule has 5 N–H and O–H groups in total. The van der Waals surface area contributed by atoms with Gasteiger partial charge in [-0.1, -0.05) is 6.42 Å². The predicted octanol–water partition coefficient (Wildman–Crippen LogP) is -1.09. The highest BCUT2D eigenvalue weighted by Crippen LogP contribution is 2.39. The zero-order valence-corrected chi connectivity index (χ0v) is 10.1. The van der Waals surface area contributed by atoms with Crippen molar-refractivity contribution in [1.29, 1.82) is 0 Å². The Morgan fingerprint density at radius 1 is 1.38 bits per heavy atom. The Balaban J connectivity index is 2.25. The molecule has 1 rings (SSSR count). The normalized spacial score (nSPS) is 18.9. The van der Waals surface area contributed by atoms with Gasteiger partial charge in [0.15, 0.2) is 0 Å². The molecule has 1 amide bonds. The first-order valence-electron chi connectivity index (χ1n) is 5.38. The van der Waals surface area contributed by atoms with Crippen LogP contribution in [0.2, 0.25) is 0 Å². The second-order valence-corrected chi connectivity index (χ2v) is 6.05. The average Bonchev–Trinajstić information content (AvgIpc) is 2.10. The molecule has 0 atom stereocenters. The van der Waals surface area contributed by atoms with E-state index in [0.29, 0.717) is 19.5 Å². The van der Waals surface area contributed by atoms with Gasteiger partial charge < -0.3 is 11.1 Å². The van der Waals surface area contributed by atoms with E-state index in [1.54, 1.807) is 0 Å². The maximum Gasteiger partial charge on any atom is 0.227 e. The molecule has 1 fully saturated rings. The fourth-order valence-electron chi connectivity index (χ4n) is 1.79. The number of rotatable bonds is 6. The lowest BCUT2D eigenvalue weighted by molar-refractivity contribution is -0.135. The first kappa shape index (κ1) is 13.4. The molecule has 6 nitrogen and oxygen atoms in total. The molecule has 0 saturated heterocycles. The number of sulfonamides is 1. The molecule has 0 aromatic carbocycles. The van der Waals surface area contributed by atoms with Crippen LogP contribution in [0.15, 0.2) is 0 Å². The Morgan fingerprint density at radius 2 is 2.00 bits per heavy atom. The highest BCUT2D eigenvalue weighted by molar-refractivity contribution is 7.89. The van der Waals surface area contributed by atoms with Gasteiger partial charge in [-0.15, -0.1) is 0 Å². The average molecular weight is 249 g/mol. The Kier molecular flexibility index (Phi) is 4.28. The van der Waals surface area contributed by atoms with Crippen molar-refractivity contribution in [2.75, 3.05) is 18.8 Å². The number of amides is 1. The van der Waals surface area contributed by atoms with Crippen molar-refractivity contribution >= 4 is 15.9 Å². The molecule has 0 unspecified atom stereocenters. The van der Waals surface area contributed by atoms with Crippen molar-refractivity contribution in [3.05, 3.63) is 0 Å². The molecule has 0 heterocycles. The fraction of sp³-hybridized carbons (Fsp3) is 0.889. The van der Waals surface area contributed by atoms with Crippen LogP contribution in [-0.4, -0.2) is 33.2 Å². The van der Waals surface area contributed by atoms with Crippen LogP contribution >= 0.6 is 0 Å². The second-order valence-electron chi connectivity index (χ2n) is 4.31. The van der Waals surface area contributed by atoms with E-state index in [1.807, 2.05) is 0 Å². The number of hydrogen-bond donors (Lipinski definition) is 3. The Morgan fingerprint density at radius 3 is 2.38 bits per heavy atom. The zero-order chi connectivity index (χ0) is 12.2.